The van der Waals surface area contributed by atoms with Gasteiger partial charge in [0.05, 0.1) is 13.2 Å². The van der Waals surface area contributed by atoms with Crippen LogP contribution < -0.4 is 0 Å². The van der Waals surface area contributed by atoms with Crippen molar-refractivity contribution < 1.29 is 23.9 Å². The van der Waals surface area contributed by atoms with E-state index < -0.39 is 23.4 Å². The Kier molecular flexibility index (Phi) is 8.04. The third-order valence-electron chi connectivity index (χ3n) is 2.70. The lowest BCUT2D eigenvalue weighted by atomic mass is 9.95. The molecule has 0 saturated carbocycles. The Balaban J connectivity index is 6.09. The Labute approximate surface area is 125 Å². The van der Waals surface area contributed by atoms with Crippen molar-refractivity contribution in [2.75, 3.05) is 19.8 Å². The SMILES string of the molecule is C=CCN(C(C)=O)C(C=CC)(C(=O)OCC)C(=O)OCC. The molecule has 0 aliphatic rings. The standard InChI is InChI=1S/C15H23NO5/c1-6-10-15(13(18)20-8-3,14(19)21-9-4)16(11-7-2)12(5)17/h6-7,10H,2,8-9,11H2,1,3-5H3. The average molecular weight is 297 g/mol. The topological polar surface area (TPSA) is 72.9 Å². The maximum absolute atomic E-state index is 12.4. The van der Waals surface area contributed by atoms with Gasteiger partial charge in [0.1, 0.15) is 0 Å². The molecule has 0 heterocycles. The van der Waals surface area contributed by atoms with Crippen molar-refractivity contribution in [1.29, 1.82) is 0 Å². The van der Waals surface area contributed by atoms with Crippen LogP contribution >= 0.6 is 0 Å². The van der Waals surface area contributed by atoms with Crippen molar-refractivity contribution in [2.24, 2.45) is 0 Å². The smallest absolute Gasteiger partial charge is 0.348 e. The number of carbonyl (C=O) groups is 3. The lowest BCUT2D eigenvalue weighted by Gasteiger charge is -2.36. The average Bonchev–Trinajstić information content (AvgIpc) is 2.42. The van der Waals surface area contributed by atoms with E-state index in [0.717, 1.165) is 4.90 Å². The molecule has 0 aliphatic heterocycles. The number of rotatable bonds is 8. The number of carbonyl (C=O) groups excluding carboxylic acids is 3. The van der Waals surface area contributed by atoms with Gasteiger partial charge in [-0.1, -0.05) is 12.2 Å². The van der Waals surface area contributed by atoms with E-state index >= 15 is 0 Å². The van der Waals surface area contributed by atoms with Gasteiger partial charge in [0.15, 0.2) is 0 Å². The highest BCUT2D eigenvalue weighted by Crippen LogP contribution is 2.23. The lowest BCUT2D eigenvalue weighted by molar-refractivity contribution is -0.174. The van der Waals surface area contributed by atoms with E-state index in [1.54, 1.807) is 20.8 Å². The molecule has 0 fully saturated rings. The molecule has 21 heavy (non-hydrogen) atoms. The first-order chi connectivity index (χ1) is 9.92. The largest absolute Gasteiger partial charge is 0.464 e. The molecule has 0 rings (SSSR count). The first-order valence-electron chi connectivity index (χ1n) is 6.79. The van der Waals surface area contributed by atoms with Crippen LogP contribution in [0.3, 0.4) is 0 Å². The van der Waals surface area contributed by atoms with Crippen LogP contribution in [0.25, 0.3) is 0 Å². The zero-order chi connectivity index (χ0) is 16.5. The predicted octanol–water partition coefficient (Wildman–Crippen LogP) is 1.46. The fraction of sp³-hybridized carbons (Fsp3) is 0.533. The molecule has 6 heteroatoms. The number of nitrogens with zero attached hydrogens (tertiary/aromatic N) is 1. The highest BCUT2D eigenvalue weighted by molar-refractivity contribution is 6.10. The zero-order valence-electron chi connectivity index (χ0n) is 13.0. The second-order valence-corrected chi connectivity index (χ2v) is 4.13. The number of hydrogen-bond acceptors (Lipinski definition) is 5. The molecule has 0 atom stereocenters. The Morgan fingerprint density at radius 2 is 1.62 bits per heavy atom. The van der Waals surface area contributed by atoms with Crippen LogP contribution in [-0.2, 0) is 23.9 Å². The molecule has 0 bridgehead atoms. The Morgan fingerprint density at radius 3 is 1.90 bits per heavy atom. The van der Waals surface area contributed by atoms with E-state index in [1.165, 1.54) is 25.2 Å². The summed E-state index contributed by atoms with van der Waals surface area (Å²) in [5, 5.41) is 0. The molecular formula is C15H23NO5. The minimum Gasteiger partial charge on any atom is -0.464 e. The number of amides is 1. The summed E-state index contributed by atoms with van der Waals surface area (Å²) in [7, 11) is 0. The van der Waals surface area contributed by atoms with Crippen LogP contribution in [0.15, 0.2) is 24.8 Å². The monoisotopic (exact) mass is 297 g/mol. The number of ether oxygens (including phenoxy) is 2. The van der Waals surface area contributed by atoms with Crippen LogP contribution in [0.4, 0.5) is 0 Å². The molecule has 0 aromatic carbocycles. The molecule has 118 valence electrons. The molecule has 0 unspecified atom stereocenters. The molecule has 6 nitrogen and oxygen atoms in total. The molecule has 0 aromatic heterocycles. The van der Waals surface area contributed by atoms with E-state index in [2.05, 4.69) is 6.58 Å². The molecular weight excluding hydrogens is 274 g/mol. The van der Waals surface area contributed by atoms with Gasteiger partial charge in [0, 0.05) is 13.5 Å². The minimum atomic E-state index is -1.93. The summed E-state index contributed by atoms with van der Waals surface area (Å²) in [6.07, 6.45) is 4.25. The summed E-state index contributed by atoms with van der Waals surface area (Å²) >= 11 is 0. The van der Waals surface area contributed by atoms with Crippen molar-refractivity contribution in [2.45, 2.75) is 33.2 Å². The van der Waals surface area contributed by atoms with E-state index in [9.17, 15) is 14.4 Å². The van der Waals surface area contributed by atoms with E-state index in [-0.39, 0.29) is 19.8 Å². The van der Waals surface area contributed by atoms with Gasteiger partial charge in [-0.25, -0.2) is 9.59 Å². The number of hydrogen-bond donors (Lipinski definition) is 0. The zero-order valence-corrected chi connectivity index (χ0v) is 13.0. The first kappa shape index (κ1) is 18.9. The minimum absolute atomic E-state index is 0.0112. The number of allylic oxidation sites excluding steroid dienone is 1. The summed E-state index contributed by atoms with van der Waals surface area (Å²) in [4.78, 5) is 37.8. The van der Waals surface area contributed by atoms with Gasteiger partial charge in [-0.15, -0.1) is 6.58 Å². The quantitative estimate of drug-likeness (QED) is 0.385. The fourth-order valence-electron chi connectivity index (χ4n) is 1.90. The molecule has 1 amide bonds. The molecule has 0 aromatic rings. The molecule has 0 N–H and O–H groups in total. The van der Waals surface area contributed by atoms with Crippen molar-refractivity contribution in [3.05, 3.63) is 24.8 Å². The lowest BCUT2D eigenvalue weighted by Crippen LogP contribution is -2.61. The van der Waals surface area contributed by atoms with Crippen molar-refractivity contribution in [3.63, 3.8) is 0 Å². The third-order valence-corrected chi connectivity index (χ3v) is 2.70. The van der Waals surface area contributed by atoms with Crippen molar-refractivity contribution in [1.82, 2.24) is 4.90 Å². The van der Waals surface area contributed by atoms with Crippen LogP contribution in [0, 0.1) is 0 Å². The number of esters is 2. The summed E-state index contributed by atoms with van der Waals surface area (Å²) < 4.78 is 9.97. The van der Waals surface area contributed by atoms with Gasteiger partial charge in [0.2, 0.25) is 5.91 Å². The Morgan fingerprint density at radius 1 is 1.14 bits per heavy atom. The van der Waals surface area contributed by atoms with Crippen LogP contribution in [-0.4, -0.2) is 48.0 Å². The van der Waals surface area contributed by atoms with Crippen molar-refractivity contribution in [3.8, 4) is 0 Å². The Bertz CT molecular complexity index is 410. The van der Waals surface area contributed by atoms with Crippen molar-refractivity contribution >= 4 is 17.8 Å². The van der Waals surface area contributed by atoms with Crippen LogP contribution in [0.5, 0.6) is 0 Å². The van der Waals surface area contributed by atoms with Gasteiger partial charge in [-0.05, 0) is 26.8 Å². The Hall–Kier alpha value is -2.11. The summed E-state index contributed by atoms with van der Waals surface area (Å²) in [6.45, 7) is 9.86. The molecule has 0 aliphatic carbocycles. The maximum Gasteiger partial charge on any atom is 0.348 e. The summed E-state index contributed by atoms with van der Waals surface area (Å²) in [6, 6.07) is 0. The van der Waals surface area contributed by atoms with E-state index in [4.69, 9.17) is 9.47 Å². The molecule has 0 spiro atoms. The van der Waals surface area contributed by atoms with Gasteiger partial charge >= 0.3 is 11.9 Å². The molecule has 0 saturated heterocycles. The fourth-order valence-corrected chi connectivity index (χ4v) is 1.90. The van der Waals surface area contributed by atoms with Gasteiger partial charge < -0.3 is 14.4 Å². The normalized spacial score (nSPS) is 11.0. The van der Waals surface area contributed by atoms with Gasteiger partial charge in [0.25, 0.3) is 5.54 Å². The predicted molar refractivity (Wildman–Crippen MR) is 78.4 cm³/mol. The van der Waals surface area contributed by atoms with Crippen LogP contribution in [0.1, 0.15) is 27.7 Å². The van der Waals surface area contributed by atoms with Gasteiger partial charge in [-0.2, -0.15) is 0 Å². The second-order valence-electron chi connectivity index (χ2n) is 4.13. The van der Waals surface area contributed by atoms with Gasteiger partial charge in [-0.3, -0.25) is 4.79 Å². The highest BCUT2D eigenvalue weighted by atomic mass is 16.6. The first-order valence-corrected chi connectivity index (χ1v) is 6.79. The third kappa shape index (κ3) is 4.18. The maximum atomic E-state index is 12.4. The highest BCUT2D eigenvalue weighted by Gasteiger charge is 2.52. The van der Waals surface area contributed by atoms with Crippen LogP contribution in [0.2, 0.25) is 0 Å². The molecule has 0 radical (unpaired) electrons. The summed E-state index contributed by atoms with van der Waals surface area (Å²) in [5.41, 5.74) is -1.93. The second kappa shape index (κ2) is 8.94. The summed E-state index contributed by atoms with van der Waals surface area (Å²) in [5.74, 6) is -2.16. The van der Waals surface area contributed by atoms with E-state index in [1.807, 2.05) is 0 Å². The van der Waals surface area contributed by atoms with E-state index in [0.29, 0.717) is 0 Å².